The predicted molar refractivity (Wildman–Crippen MR) is 76.7 cm³/mol. The van der Waals surface area contributed by atoms with Gasteiger partial charge in [0.1, 0.15) is 5.01 Å². The van der Waals surface area contributed by atoms with Crippen molar-refractivity contribution < 1.29 is 9.90 Å². The van der Waals surface area contributed by atoms with Crippen LogP contribution in [0.5, 0.6) is 0 Å². The van der Waals surface area contributed by atoms with Crippen LogP contribution in [0.1, 0.15) is 29.0 Å². The number of nitrogens with zero attached hydrogens (tertiary/aromatic N) is 2. The van der Waals surface area contributed by atoms with E-state index in [2.05, 4.69) is 10.2 Å². The van der Waals surface area contributed by atoms with Crippen molar-refractivity contribution in [2.24, 2.45) is 0 Å². The molecule has 1 aromatic carbocycles. The van der Waals surface area contributed by atoms with E-state index in [1.54, 1.807) is 30.0 Å². The molecule has 0 aliphatic carbocycles. The Morgan fingerprint density at radius 2 is 2.05 bits per heavy atom. The van der Waals surface area contributed by atoms with Crippen LogP contribution in [0.3, 0.4) is 0 Å². The summed E-state index contributed by atoms with van der Waals surface area (Å²) in [4.78, 5) is 10.9. The molecule has 0 saturated carbocycles. The zero-order valence-electron chi connectivity index (χ0n) is 10.7. The van der Waals surface area contributed by atoms with Crippen LogP contribution < -0.4 is 0 Å². The summed E-state index contributed by atoms with van der Waals surface area (Å²) in [6.45, 7) is 3.62. The summed E-state index contributed by atoms with van der Waals surface area (Å²) in [5.41, 5.74) is 1.98. The molecule has 1 unspecified atom stereocenters. The Kier molecular flexibility index (Phi) is 4.55. The maximum atomic E-state index is 10.9. The van der Waals surface area contributed by atoms with Gasteiger partial charge in [-0.05, 0) is 25.0 Å². The SMILES string of the molecule is Cc1nnc(SCc2ccc(C(C)C(=O)O)cc2)s1. The molecular formula is C13H14N2O2S2. The lowest BCUT2D eigenvalue weighted by molar-refractivity contribution is -0.138. The Balaban J connectivity index is 1.97. The molecule has 100 valence electrons. The molecule has 6 heteroatoms. The lowest BCUT2D eigenvalue weighted by Gasteiger charge is -2.07. The number of aliphatic carboxylic acids is 1. The van der Waals surface area contributed by atoms with Crippen molar-refractivity contribution in [2.45, 2.75) is 29.9 Å². The normalized spacial score (nSPS) is 12.3. The lowest BCUT2D eigenvalue weighted by atomic mass is 10.0. The van der Waals surface area contributed by atoms with E-state index in [1.807, 2.05) is 31.2 Å². The highest BCUT2D eigenvalue weighted by Crippen LogP contribution is 2.26. The summed E-state index contributed by atoms with van der Waals surface area (Å²) in [5, 5.41) is 17.9. The molecule has 1 atom stereocenters. The van der Waals surface area contributed by atoms with Gasteiger partial charge in [0.05, 0.1) is 5.92 Å². The van der Waals surface area contributed by atoms with Gasteiger partial charge in [0.25, 0.3) is 0 Å². The van der Waals surface area contributed by atoms with Crippen LogP contribution in [0.2, 0.25) is 0 Å². The third kappa shape index (κ3) is 3.78. The quantitative estimate of drug-likeness (QED) is 0.857. The second-order valence-electron chi connectivity index (χ2n) is 4.18. The molecule has 19 heavy (non-hydrogen) atoms. The predicted octanol–water partition coefficient (Wildman–Crippen LogP) is 3.33. The van der Waals surface area contributed by atoms with Crippen molar-refractivity contribution in [1.82, 2.24) is 10.2 Å². The number of aromatic nitrogens is 2. The van der Waals surface area contributed by atoms with E-state index in [-0.39, 0.29) is 0 Å². The van der Waals surface area contributed by atoms with E-state index in [9.17, 15) is 4.79 Å². The Labute approximate surface area is 119 Å². The van der Waals surface area contributed by atoms with E-state index >= 15 is 0 Å². The molecule has 0 spiro atoms. The molecule has 0 amide bonds. The van der Waals surface area contributed by atoms with Crippen LogP contribution in [0.15, 0.2) is 28.6 Å². The average Bonchev–Trinajstić information content (AvgIpc) is 2.82. The van der Waals surface area contributed by atoms with Crippen LogP contribution in [0.25, 0.3) is 0 Å². The Hall–Kier alpha value is -1.40. The van der Waals surface area contributed by atoms with Crippen molar-refractivity contribution in [3.05, 3.63) is 40.4 Å². The second kappa shape index (κ2) is 6.16. The van der Waals surface area contributed by atoms with E-state index in [0.29, 0.717) is 0 Å². The molecule has 0 fully saturated rings. The van der Waals surface area contributed by atoms with Crippen molar-refractivity contribution in [1.29, 1.82) is 0 Å². The van der Waals surface area contributed by atoms with Gasteiger partial charge >= 0.3 is 5.97 Å². The minimum atomic E-state index is -0.800. The van der Waals surface area contributed by atoms with Crippen molar-refractivity contribution in [3.8, 4) is 0 Å². The van der Waals surface area contributed by atoms with Gasteiger partial charge in [-0.25, -0.2) is 0 Å². The number of rotatable bonds is 5. The van der Waals surface area contributed by atoms with Crippen LogP contribution >= 0.6 is 23.1 Å². The highest BCUT2D eigenvalue weighted by atomic mass is 32.2. The Morgan fingerprint density at radius 3 is 2.58 bits per heavy atom. The molecule has 1 aromatic heterocycles. The number of aryl methyl sites for hydroxylation is 1. The molecule has 2 rings (SSSR count). The first-order valence-electron chi connectivity index (χ1n) is 5.81. The summed E-state index contributed by atoms with van der Waals surface area (Å²) in [7, 11) is 0. The van der Waals surface area contributed by atoms with E-state index in [4.69, 9.17) is 5.11 Å². The summed E-state index contributed by atoms with van der Waals surface area (Å²) in [6.07, 6.45) is 0. The van der Waals surface area contributed by atoms with Gasteiger partial charge in [-0.2, -0.15) is 0 Å². The van der Waals surface area contributed by atoms with E-state index in [1.165, 1.54) is 0 Å². The lowest BCUT2D eigenvalue weighted by Crippen LogP contribution is -2.07. The first-order valence-corrected chi connectivity index (χ1v) is 7.61. The zero-order chi connectivity index (χ0) is 13.8. The fourth-order valence-corrected chi connectivity index (χ4v) is 3.30. The topological polar surface area (TPSA) is 63.1 Å². The van der Waals surface area contributed by atoms with Crippen molar-refractivity contribution in [2.75, 3.05) is 0 Å². The molecule has 0 aliphatic rings. The molecule has 1 N–H and O–H groups in total. The Bertz CT molecular complexity index is 566. The number of carbonyl (C=O) groups is 1. The molecule has 4 nitrogen and oxygen atoms in total. The zero-order valence-corrected chi connectivity index (χ0v) is 12.3. The van der Waals surface area contributed by atoms with Gasteiger partial charge in [-0.1, -0.05) is 47.4 Å². The van der Waals surface area contributed by atoms with E-state index in [0.717, 1.165) is 26.2 Å². The fourth-order valence-electron chi connectivity index (χ4n) is 1.53. The van der Waals surface area contributed by atoms with Gasteiger partial charge in [0.15, 0.2) is 4.34 Å². The molecule has 1 heterocycles. The van der Waals surface area contributed by atoms with Crippen LogP contribution in [-0.2, 0) is 10.5 Å². The molecular weight excluding hydrogens is 280 g/mol. The van der Waals surface area contributed by atoms with Gasteiger partial charge in [-0.15, -0.1) is 10.2 Å². The van der Waals surface area contributed by atoms with Crippen molar-refractivity contribution in [3.63, 3.8) is 0 Å². The first-order chi connectivity index (χ1) is 9.06. The number of carboxylic acids is 1. The molecule has 2 aromatic rings. The smallest absolute Gasteiger partial charge is 0.310 e. The number of benzene rings is 1. The number of hydrogen-bond acceptors (Lipinski definition) is 5. The number of carboxylic acid groups (broad SMARTS) is 1. The first kappa shape index (κ1) is 14.0. The number of hydrogen-bond donors (Lipinski definition) is 1. The third-order valence-corrected chi connectivity index (χ3v) is 4.76. The van der Waals surface area contributed by atoms with Crippen molar-refractivity contribution >= 4 is 29.1 Å². The van der Waals surface area contributed by atoms with Gasteiger partial charge in [0.2, 0.25) is 0 Å². The van der Waals surface area contributed by atoms with Gasteiger partial charge < -0.3 is 5.11 Å². The van der Waals surface area contributed by atoms with Gasteiger partial charge in [0, 0.05) is 5.75 Å². The molecule has 0 aliphatic heterocycles. The minimum absolute atomic E-state index is 0.465. The summed E-state index contributed by atoms with van der Waals surface area (Å²) < 4.78 is 0.959. The van der Waals surface area contributed by atoms with Crippen LogP contribution in [0, 0.1) is 6.92 Å². The highest BCUT2D eigenvalue weighted by molar-refractivity contribution is 8.00. The monoisotopic (exact) mass is 294 g/mol. The highest BCUT2D eigenvalue weighted by Gasteiger charge is 2.13. The van der Waals surface area contributed by atoms with E-state index < -0.39 is 11.9 Å². The largest absolute Gasteiger partial charge is 0.481 e. The summed E-state index contributed by atoms with van der Waals surface area (Å²) >= 11 is 3.23. The molecule has 0 saturated heterocycles. The fraction of sp³-hybridized carbons (Fsp3) is 0.308. The maximum absolute atomic E-state index is 10.9. The average molecular weight is 294 g/mol. The standard InChI is InChI=1S/C13H14N2O2S2/c1-8(12(16)17)11-5-3-10(4-6-11)7-18-13-15-14-9(2)19-13/h3-6,8H,7H2,1-2H3,(H,16,17). The van der Waals surface area contributed by atoms with Gasteiger partial charge in [-0.3, -0.25) is 4.79 Å². The summed E-state index contributed by atoms with van der Waals surface area (Å²) in [6, 6.07) is 7.69. The third-order valence-electron chi connectivity index (χ3n) is 2.72. The summed E-state index contributed by atoms with van der Waals surface area (Å²) in [5.74, 6) is -0.449. The van der Waals surface area contributed by atoms with Crippen LogP contribution in [0.4, 0.5) is 0 Å². The van der Waals surface area contributed by atoms with Crippen LogP contribution in [-0.4, -0.2) is 21.3 Å². The minimum Gasteiger partial charge on any atom is -0.481 e. The molecule has 0 bridgehead atoms. The second-order valence-corrected chi connectivity index (χ2v) is 6.58. The molecule has 0 radical (unpaired) electrons. The Morgan fingerprint density at radius 1 is 1.37 bits per heavy atom. The number of thioether (sulfide) groups is 1. The maximum Gasteiger partial charge on any atom is 0.310 e.